The van der Waals surface area contributed by atoms with Crippen molar-refractivity contribution in [2.24, 2.45) is 5.92 Å². The third kappa shape index (κ3) is 6.50. The number of rotatable bonds is 9. The van der Waals surface area contributed by atoms with Crippen molar-refractivity contribution in [2.45, 2.75) is 74.7 Å². The van der Waals surface area contributed by atoms with Crippen molar-refractivity contribution in [2.75, 3.05) is 13.2 Å². The van der Waals surface area contributed by atoms with E-state index < -0.39 is 48.2 Å². The highest BCUT2D eigenvalue weighted by atomic mass is 35.5. The van der Waals surface area contributed by atoms with Crippen molar-refractivity contribution in [3.05, 3.63) is 69.5 Å². The van der Waals surface area contributed by atoms with Gasteiger partial charge in [-0.25, -0.2) is 9.18 Å². The first-order chi connectivity index (χ1) is 18.8. The van der Waals surface area contributed by atoms with Crippen LogP contribution in [0.2, 0.25) is 10.0 Å². The summed E-state index contributed by atoms with van der Waals surface area (Å²) in [6.07, 6.45) is 3.47. The fraction of sp³-hybridized carbons (Fsp3) is 0.517. The Morgan fingerprint density at radius 2 is 1.92 bits per heavy atom. The molecule has 2 fully saturated rings. The Balaban J connectivity index is 1.76. The smallest absolute Gasteiger partial charge is 0.408 e. The minimum atomic E-state index is -1.30. The van der Waals surface area contributed by atoms with Crippen LogP contribution >= 0.6 is 23.2 Å². The highest BCUT2D eigenvalue weighted by Crippen LogP contribution is 2.52. The van der Waals surface area contributed by atoms with Gasteiger partial charge in [0, 0.05) is 17.6 Å². The van der Waals surface area contributed by atoms with Gasteiger partial charge in [-0.15, -0.1) is 0 Å². The van der Waals surface area contributed by atoms with Gasteiger partial charge >= 0.3 is 6.09 Å². The molecule has 0 spiro atoms. The number of benzene rings is 2. The predicted molar refractivity (Wildman–Crippen MR) is 147 cm³/mol. The second kappa shape index (κ2) is 13.3. The van der Waals surface area contributed by atoms with E-state index in [0.29, 0.717) is 22.9 Å². The summed E-state index contributed by atoms with van der Waals surface area (Å²) in [5, 5.41) is 35.9. The van der Waals surface area contributed by atoms with Gasteiger partial charge in [0.15, 0.2) is 6.23 Å². The molecule has 4 rings (SSSR count). The topological polar surface area (TPSA) is 115 Å². The standard InChI is InChI=1S/C29H34Cl2FN3O4/c30-20-11-9-19(10-12-20)29(17-33)24(15-18-5-2-1-3-6-18)35-27(39-28(38)34-14-13-21(37)16-36)25(29)22-7-4-8-23(31)26(22)32/h4,7-12,18,21,24-25,27,35-37H,1-3,5-6,13-16H2,(H,34,38)/t21-,24-,25-,27-,29-/m0/s1. The van der Waals surface area contributed by atoms with Crippen LogP contribution in [0.5, 0.6) is 0 Å². The summed E-state index contributed by atoms with van der Waals surface area (Å²) >= 11 is 12.4. The van der Waals surface area contributed by atoms with Gasteiger partial charge in [-0.2, -0.15) is 5.26 Å². The number of hydrogen-bond acceptors (Lipinski definition) is 6. The zero-order chi connectivity index (χ0) is 28.0. The lowest BCUT2D eigenvalue weighted by molar-refractivity contribution is 0.0686. The molecular formula is C29H34Cl2FN3O4. The van der Waals surface area contributed by atoms with Crippen molar-refractivity contribution < 1.29 is 24.1 Å². The number of amides is 1. The number of aliphatic hydroxyl groups excluding tert-OH is 2. The van der Waals surface area contributed by atoms with E-state index in [0.717, 1.165) is 25.7 Å². The molecule has 0 bridgehead atoms. The van der Waals surface area contributed by atoms with E-state index in [2.05, 4.69) is 16.7 Å². The monoisotopic (exact) mass is 577 g/mol. The van der Waals surface area contributed by atoms with E-state index in [1.165, 1.54) is 12.5 Å². The van der Waals surface area contributed by atoms with Crippen LogP contribution in [0.4, 0.5) is 9.18 Å². The molecule has 2 aromatic rings. The molecule has 210 valence electrons. The number of aliphatic hydroxyl groups is 2. The molecule has 1 amide bonds. The number of alkyl carbamates (subject to hydrolysis) is 1. The summed E-state index contributed by atoms with van der Waals surface area (Å²) < 4.78 is 21.5. The molecule has 0 unspecified atom stereocenters. The molecule has 0 radical (unpaired) electrons. The minimum absolute atomic E-state index is 0.0650. The second-order valence-corrected chi connectivity index (χ2v) is 11.3. The highest BCUT2D eigenvalue weighted by molar-refractivity contribution is 6.31. The van der Waals surface area contributed by atoms with Crippen LogP contribution in [0, 0.1) is 23.1 Å². The second-order valence-electron chi connectivity index (χ2n) is 10.4. The lowest BCUT2D eigenvalue weighted by atomic mass is 9.64. The summed E-state index contributed by atoms with van der Waals surface area (Å²) in [4.78, 5) is 12.8. The normalized spacial score (nSPS) is 26.1. The van der Waals surface area contributed by atoms with Gasteiger partial charge in [0.1, 0.15) is 11.2 Å². The molecule has 4 N–H and O–H groups in total. The van der Waals surface area contributed by atoms with Gasteiger partial charge in [-0.3, -0.25) is 5.32 Å². The van der Waals surface area contributed by atoms with Crippen LogP contribution in [0.3, 0.4) is 0 Å². The van der Waals surface area contributed by atoms with Crippen molar-refractivity contribution in [3.63, 3.8) is 0 Å². The number of carbonyl (C=O) groups is 1. The molecule has 5 atom stereocenters. The predicted octanol–water partition coefficient (Wildman–Crippen LogP) is 5.42. The van der Waals surface area contributed by atoms with E-state index >= 15 is 4.39 Å². The first-order valence-electron chi connectivity index (χ1n) is 13.4. The van der Waals surface area contributed by atoms with E-state index in [4.69, 9.17) is 33.0 Å². The van der Waals surface area contributed by atoms with Crippen molar-refractivity contribution in [3.8, 4) is 6.07 Å². The molecule has 1 aliphatic carbocycles. The molecule has 1 aliphatic heterocycles. The Kier molecular flexibility index (Phi) is 10.1. The number of halogens is 3. The van der Waals surface area contributed by atoms with Gasteiger partial charge < -0.3 is 20.3 Å². The molecule has 1 heterocycles. The number of ether oxygens (including phenoxy) is 1. The van der Waals surface area contributed by atoms with Crippen molar-refractivity contribution in [1.29, 1.82) is 5.26 Å². The fourth-order valence-electron chi connectivity index (χ4n) is 6.07. The number of nitriles is 1. The summed E-state index contributed by atoms with van der Waals surface area (Å²) in [6, 6.07) is 13.7. The third-order valence-electron chi connectivity index (χ3n) is 8.02. The third-order valence-corrected chi connectivity index (χ3v) is 8.56. The number of carbonyl (C=O) groups excluding carboxylic acids is 1. The first kappa shape index (κ1) is 29.6. The van der Waals surface area contributed by atoms with E-state index in [-0.39, 0.29) is 23.6 Å². The Morgan fingerprint density at radius 1 is 1.21 bits per heavy atom. The molecule has 10 heteroatoms. The minimum Gasteiger partial charge on any atom is -0.430 e. The van der Waals surface area contributed by atoms with Crippen LogP contribution in [0.25, 0.3) is 0 Å². The average molecular weight is 579 g/mol. The van der Waals surface area contributed by atoms with E-state index in [1.807, 2.05) is 0 Å². The summed E-state index contributed by atoms with van der Waals surface area (Å²) in [6.45, 7) is -0.360. The molecular weight excluding hydrogens is 544 g/mol. The maximum atomic E-state index is 15.6. The maximum Gasteiger partial charge on any atom is 0.408 e. The van der Waals surface area contributed by atoms with E-state index in [1.54, 1.807) is 36.4 Å². The zero-order valence-electron chi connectivity index (χ0n) is 21.6. The van der Waals surface area contributed by atoms with Crippen LogP contribution in [0.15, 0.2) is 42.5 Å². The number of nitrogens with zero attached hydrogens (tertiary/aromatic N) is 1. The zero-order valence-corrected chi connectivity index (χ0v) is 23.1. The van der Waals surface area contributed by atoms with Crippen molar-refractivity contribution in [1.82, 2.24) is 10.6 Å². The average Bonchev–Trinajstić information content (AvgIpc) is 3.23. The number of hydrogen-bond donors (Lipinski definition) is 4. The Labute approximate surface area is 238 Å². The van der Waals surface area contributed by atoms with Crippen molar-refractivity contribution >= 4 is 29.3 Å². The van der Waals surface area contributed by atoms with Gasteiger partial charge in [-0.1, -0.05) is 79.6 Å². The molecule has 0 aromatic heterocycles. The summed E-state index contributed by atoms with van der Waals surface area (Å²) in [5.41, 5.74) is -0.484. The van der Waals surface area contributed by atoms with Gasteiger partial charge in [0.05, 0.1) is 29.7 Å². The molecule has 1 saturated heterocycles. The molecule has 1 saturated carbocycles. The van der Waals surface area contributed by atoms with E-state index in [9.17, 15) is 15.2 Å². The van der Waals surface area contributed by atoms with Crippen LogP contribution < -0.4 is 10.6 Å². The van der Waals surface area contributed by atoms with Gasteiger partial charge in [0.2, 0.25) is 0 Å². The molecule has 7 nitrogen and oxygen atoms in total. The van der Waals surface area contributed by atoms with Crippen LogP contribution in [-0.4, -0.2) is 47.8 Å². The Morgan fingerprint density at radius 3 is 2.59 bits per heavy atom. The lowest BCUT2D eigenvalue weighted by Crippen LogP contribution is -2.43. The Hall–Kier alpha value is -2.41. The van der Waals surface area contributed by atoms with Crippen LogP contribution in [-0.2, 0) is 10.2 Å². The van der Waals surface area contributed by atoms with Crippen LogP contribution in [0.1, 0.15) is 62.0 Å². The molecule has 39 heavy (non-hydrogen) atoms. The SMILES string of the molecule is N#C[C@]1(c2ccc(Cl)cc2)[C@H](CC2CCCCC2)N[C@@H](OC(=O)NCC[C@H](O)CO)[C@@H]1c1cccc(Cl)c1F. The van der Waals surface area contributed by atoms with Gasteiger partial charge in [-0.05, 0) is 48.1 Å². The summed E-state index contributed by atoms with van der Waals surface area (Å²) in [5.74, 6) is -1.23. The largest absolute Gasteiger partial charge is 0.430 e. The maximum absolute atomic E-state index is 15.6. The Bertz CT molecular complexity index is 1170. The number of nitrogens with one attached hydrogen (secondary N) is 2. The fourth-order valence-corrected chi connectivity index (χ4v) is 6.38. The quantitative estimate of drug-likeness (QED) is 0.316. The summed E-state index contributed by atoms with van der Waals surface area (Å²) in [7, 11) is 0. The van der Waals surface area contributed by atoms with Gasteiger partial charge in [0.25, 0.3) is 0 Å². The molecule has 2 aromatic carbocycles. The molecule has 2 aliphatic rings. The highest BCUT2D eigenvalue weighted by Gasteiger charge is 2.59. The lowest BCUT2D eigenvalue weighted by Gasteiger charge is -2.36. The first-order valence-corrected chi connectivity index (χ1v) is 14.2.